The number of aliphatic hydroxyl groups is 1. The van der Waals surface area contributed by atoms with Gasteiger partial charge in [0, 0.05) is 25.8 Å². The van der Waals surface area contributed by atoms with Crippen molar-refractivity contribution >= 4 is 33.4 Å². The number of ether oxygens (including phenoxy) is 2. The number of methoxy groups -OCH3 is 2. The number of aliphatic hydroxyl groups excluding tert-OH is 1. The summed E-state index contributed by atoms with van der Waals surface area (Å²) in [6.45, 7) is 0.816. The molecule has 29 heavy (non-hydrogen) atoms. The highest BCUT2D eigenvalue weighted by atomic mass is 79.9. The molecule has 1 aliphatic rings. The molecule has 1 N–H and O–H groups in total. The second-order valence-corrected chi connectivity index (χ2v) is 7.45. The number of carbonyl (C=O) groups excluding carboxylic acids is 2. The highest BCUT2D eigenvalue weighted by Crippen LogP contribution is 2.40. The second-order valence-electron chi connectivity index (χ2n) is 6.60. The van der Waals surface area contributed by atoms with E-state index in [1.165, 1.54) is 4.90 Å². The van der Waals surface area contributed by atoms with Crippen LogP contribution in [0.5, 0.6) is 5.75 Å². The van der Waals surface area contributed by atoms with Crippen LogP contribution in [0.25, 0.3) is 5.76 Å². The molecule has 1 fully saturated rings. The van der Waals surface area contributed by atoms with Crippen molar-refractivity contribution in [2.45, 2.75) is 12.5 Å². The predicted molar refractivity (Wildman–Crippen MR) is 113 cm³/mol. The molecule has 1 amide bonds. The monoisotopic (exact) mass is 459 g/mol. The molecule has 7 heteroatoms. The standard InChI is InChI=1S/C22H22BrNO5/c1-28-12-6-11-24-19(14-7-4-3-5-8-14)18(21(26)22(24)27)20(25)15-9-10-17(29-2)16(23)13-15/h3-5,7-10,13,19,25H,6,11-12H2,1-2H3/b20-18-. The zero-order valence-electron chi connectivity index (χ0n) is 16.2. The maximum atomic E-state index is 12.9. The Hall–Kier alpha value is -2.64. The van der Waals surface area contributed by atoms with E-state index in [4.69, 9.17) is 9.47 Å². The van der Waals surface area contributed by atoms with Gasteiger partial charge >= 0.3 is 0 Å². The molecule has 1 heterocycles. The SMILES string of the molecule is COCCCN1C(=O)C(=O)/C(=C(\O)c2ccc(OC)c(Br)c2)C1c1ccccc1. The van der Waals surface area contributed by atoms with Gasteiger partial charge in [-0.3, -0.25) is 9.59 Å². The number of nitrogens with zero attached hydrogens (tertiary/aromatic N) is 1. The average Bonchev–Trinajstić information content (AvgIpc) is 2.99. The third kappa shape index (κ3) is 4.21. The molecular formula is C22H22BrNO5. The van der Waals surface area contributed by atoms with E-state index < -0.39 is 17.7 Å². The first kappa shape index (κ1) is 21.1. The minimum Gasteiger partial charge on any atom is -0.507 e. The van der Waals surface area contributed by atoms with Gasteiger partial charge in [-0.15, -0.1) is 0 Å². The summed E-state index contributed by atoms with van der Waals surface area (Å²) in [5, 5.41) is 11.0. The quantitative estimate of drug-likeness (QED) is 0.294. The summed E-state index contributed by atoms with van der Waals surface area (Å²) in [7, 11) is 3.13. The van der Waals surface area contributed by atoms with Crippen molar-refractivity contribution in [3.8, 4) is 5.75 Å². The third-order valence-corrected chi connectivity index (χ3v) is 5.45. The molecule has 3 rings (SSSR count). The summed E-state index contributed by atoms with van der Waals surface area (Å²) in [5.41, 5.74) is 1.27. The summed E-state index contributed by atoms with van der Waals surface area (Å²) in [4.78, 5) is 27.1. The molecule has 6 nitrogen and oxygen atoms in total. The van der Waals surface area contributed by atoms with Crippen LogP contribution in [0.2, 0.25) is 0 Å². The van der Waals surface area contributed by atoms with Gasteiger partial charge in [0.1, 0.15) is 11.5 Å². The van der Waals surface area contributed by atoms with E-state index in [9.17, 15) is 14.7 Å². The van der Waals surface area contributed by atoms with Gasteiger partial charge in [0.15, 0.2) is 0 Å². The number of likely N-dealkylation sites (tertiary alicyclic amines) is 1. The van der Waals surface area contributed by atoms with Gasteiger partial charge < -0.3 is 19.5 Å². The Labute approximate surface area is 177 Å². The number of amides is 1. The molecule has 1 saturated heterocycles. The van der Waals surface area contributed by atoms with Gasteiger partial charge in [0.05, 0.1) is 23.2 Å². The zero-order chi connectivity index (χ0) is 21.0. The lowest BCUT2D eigenvalue weighted by atomic mass is 9.95. The highest BCUT2D eigenvalue weighted by molar-refractivity contribution is 9.10. The summed E-state index contributed by atoms with van der Waals surface area (Å²) in [6.07, 6.45) is 0.584. The number of rotatable bonds is 7. The lowest BCUT2D eigenvalue weighted by Gasteiger charge is -2.25. The van der Waals surface area contributed by atoms with Crippen LogP contribution in [-0.4, -0.2) is 49.1 Å². The normalized spacial score (nSPS) is 18.3. The number of ketones is 1. The molecule has 1 aliphatic heterocycles. The van der Waals surface area contributed by atoms with Crippen LogP contribution in [0, 0.1) is 0 Å². The number of carbonyl (C=O) groups is 2. The fourth-order valence-electron chi connectivity index (χ4n) is 3.44. The maximum absolute atomic E-state index is 12.9. The molecular weight excluding hydrogens is 438 g/mol. The highest BCUT2D eigenvalue weighted by Gasteiger charge is 2.45. The fraction of sp³-hybridized carbons (Fsp3) is 0.273. The molecule has 0 aromatic heterocycles. The Kier molecular flexibility index (Phi) is 6.71. The van der Waals surface area contributed by atoms with Crippen molar-refractivity contribution in [1.82, 2.24) is 4.90 Å². The van der Waals surface area contributed by atoms with Crippen LogP contribution < -0.4 is 4.74 Å². The maximum Gasteiger partial charge on any atom is 0.295 e. The first-order valence-electron chi connectivity index (χ1n) is 9.15. The Balaban J connectivity index is 2.11. The molecule has 0 radical (unpaired) electrons. The number of benzene rings is 2. The van der Waals surface area contributed by atoms with Gasteiger partial charge in [-0.05, 0) is 46.1 Å². The van der Waals surface area contributed by atoms with Crippen molar-refractivity contribution < 1.29 is 24.2 Å². The summed E-state index contributed by atoms with van der Waals surface area (Å²) < 4.78 is 10.9. The van der Waals surface area contributed by atoms with Gasteiger partial charge in [0.25, 0.3) is 11.7 Å². The Morgan fingerprint density at radius 3 is 2.48 bits per heavy atom. The van der Waals surface area contributed by atoms with Crippen LogP contribution in [0.4, 0.5) is 0 Å². The van der Waals surface area contributed by atoms with E-state index in [1.54, 1.807) is 32.4 Å². The molecule has 2 aromatic rings. The third-order valence-electron chi connectivity index (χ3n) is 4.83. The van der Waals surface area contributed by atoms with E-state index in [-0.39, 0.29) is 11.3 Å². The topological polar surface area (TPSA) is 76.1 Å². The largest absolute Gasteiger partial charge is 0.507 e. The molecule has 0 spiro atoms. The van der Waals surface area contributed by atoms with Crippen molar-refractivity contribution in [1.29, 1.82) is 0 Å². The number of hydrogen-bond acceptors (Lipinski definition) is 5. The first-order valence-corrected chi connectivity index (χ1v) is 9.95. The lowest BCUT2D eigenvalue weighted by molar-refractivity contribution is -0.140. The van der Waals surface area contributed by atoms with Gasteiger partial charge in [-0.1, -0.05) is 30.3 Å². The van der Waals surface area contributed by atoms with Crippen LogP contribution in [0.1, 0.15) is 23.6 Å². The summed E-state index contributed by atoms with van der Waals surface area (Å²) in [6, 6.07) is 13.6. The molecule has 0 bridgehead atoms. The summed E-state index contributed by atoms with van der Waals surface area (Å²) >= 11 is 3.39. The van der Waals surface area contributed by atoms with Crippen LogP contribution in [-0.2, 0) is 14.3 Å². The molecule has 0 aliphatic carbocycles. The van der Waals surface area contributed by atoms with Gasteiger partial charge in [-0.2, -0.15) is 0 Å². The minimum atomic E-state index is -0.694. The van der Waals surface area contributed by atoms with Crippen LogP contribution in [0.15, 0.2) is 58.6 Å². The van der Waals surface area contributed by atoms with Crippen LogP contribution >= 0.6 is 15.9 Å². The molecule has 0 saturated carbocycles. The van der Waals surface area contributed by atoms with E-state index in [0.717, 1.165) is 5.56 Å². The number of halogens is 1. The summed E-state index contributed by atoms with van der Waals surface area (Å²) in [5.74, 6) is -0.930. The average molecular weight is 460 g/mol. The molecule has 1 unspecified atom stereocenters. The zero-order valence-corrected chi connectivity index (χ0v) is 17.8. The van der Waals surface area contributed by atoms with Gasteiger partial charge in [-0.25, -0.2) is 0 Å². The van der Waals surface area contributed by atoms with Crippen LogP contribution in [0.3, 0.4) is 0 Å². The molecule has 1 atom stereocenters. The molecule has 2 aromatic carbocycles. The van der Waals surface area contributed by atoms with Crippen molar-refractivity contribution in [2.24, 2.45) is 0 Å². The van der Waals surface area contributed by atoms with Crippen molar-refractivity contribution in [3.05, 3.63) is 69.7 Å². The minimum absolute atomic E-state index is 0.0793. The smallest absolute Gasteiger partial charge is 0.295 e. The van der Waals surface area contributed by atoms with Gasteiger partial charge in [0.2, 0.25) is 0 Å². The number of Topliss-reactive ketones (excluding diaryl/α,β-unsaturated/α-hetero) is 1. The number of hydrogen-bond donors (Lipinski definition) is 1. The fourth-order valence-corrected chi connectivity index (χ4v) is 3.98. The van der Waals surface area contributed by atoms with E-state index in [0.29, 0.717) is 35.4 Å². The predicted octanol–water partition coefficient (Wildman–Crippen LogP) is 3.92. The molecule has 152 valence electrons. The lowest BCUT2D eigenvalue weighted by Crippen LogP contribution is -2.31. The first-order chi connectivity index (χ1) is 14.0. The van der Waals surface area contributed by atoms with Crippen molar-refractivity contribution in [2.75, 3.05) is 27.4 Å². The van der Waals surface area contributed by atoms with Crippen molar-refractivity contribution in [3.63, 3.8) is 0 Å². The van der Waals surface area contributed by atoms with E-state index in [2.05, 4.69) is 15.9 Å². The Bertz CT molecular complexity index is 941. The Morgan fingerprint density at radius 1 is 1.14 bits per heavy atom. The van der Waals surface area contributed by atoms with E-state index in [1.807, 2.05) is 30.3 Å². The second kappa shape index (κ2) is 9.24. The van der Waals surface area contributed by atoms with E-state index >= 15 is 0 Å². The Morgan fingerprint density at radius 2 is 1.86 bits per heavy atom.